The lowest BCUT2D eigenvalue weighted by atomic mass is 10.1. The van der Waals surface area contributed by atoms with E-state index in [9.17, 15) is 4.79 Å². The summed E-state index contributed by atoms with van der Waals surface area (Å²) in [5.41, 5.74) is 2.67. The van der Waals surface area contributed by atoms with E-state index in [1.807, 2.05) is 45.3 Å². The number of ether oxygens (including phenoxy) is 1. The minimum absolute atomic E-state index is 0.0383. The van der Waals surface area contributed by atoms with Gasteiger partial charge in [-0.15, -0.1) is 0 Å². The first-order chi connectivity index (χ1) is 9.10. The van der Waals surface area contributed by atoms with Crippen LogP contribution in [0.5, 0.6) is 5.75 Å². The Kier molecular flexibility index (Phi) is 3.85. The van der Waals surface area contributed by atoms with Crippen LogP contribution in [0.25, 0.3) is 11.1 Å². The molecule has 0 fully saturated rings. The third-order valence-corrected chi connectivity index (χ3v) is 2.60. The lowest BCUT2D eigenvalue weighted by Gasteiger charge is -2.14. The van der Waals surface area contributed by atoms with Gasteiger partial charge < -0.3 is 10.1 Å². The normalized spacial score (nSPS) is 10.5. The van der Waals surface area contributed by atoms with Gasteiger partial charge in [0, 0.05) is 18.8 Å². The van der Waals surface area contributed by atoms with Gasteiger partial charge in [0.25, 0.3) is 0 Å². The molecule has 0 radical (unpaired) electrons. The highest BCUT2D eigenvalue weighted by atomic mass is 16.5. The van der Waals surface area contributed by atoms with Crippen LogP contribution in [0.15, 0.2) is 30.6 Å². The molecule has 1 amide bonds. The lowest BCUT2D eigenvalue weighted by Crippen LogP contribution is -2.08. The molecule has 0 saturated heterocycles. The fourth-order valence-electron chi connectivity index (χ4n) is 1.81. The summed E-state index contributed by atoms with van der Waals surface area (Å²) in [7, 11) is 1.87. The van der Waals surface area contributed by atoms with Gasteiger partial charge in [0.1, 0.15) is 5.75 Å². The molecule has 0 unspecified atom stereocenters. The number of anilines is 1. The topological polar surface area (TPSA) is 56.1 Å². The molecular formula is C14H17N3O2. The van der Waals surface area contributed by atoms with Crippen molar-refractivity contribution in [3.05, 3.63) is 30.6 Å². The first-order valence-electron chi connectivity index (χ1n) is 6.10. The summed E-state index contributed by atoms with van der Waals surface area (Å²) in [6.07, 6.45) is 4.41. The van der Waals surface area contributed by atoms with Gasteiger partial charge in [-0.25, -0.2) is 0 Å². The van der Waals surface area contributed by atoms with Crippen molar-refractivity contribution in [3.63, 3.8) is 0 Å². The van der Waals surface area contributed by atoms with Gasteiger partial charge in [0.05, 0.1) is 18.0 Å². The Hall–Kier alpha value is -2.30. The molecule has 5 heteroatoms. The van der Waals surface area contributed by atoms with E-state index in [4.69, 9.17) is 4.74 Å². The Labute approximate surface area is 112 Å². The lowest BCUT2D eigenvalue weighted by molar-refractivity contribution is -0.105. The van der Waals surface area contributed by atoms with Gasteiger partial charge in [0.2, 0.25) is 6.41 Å². The molecule has 19 heavy (non-hydrogen) atoms. The van der Waals surface area contributed by atoms with E-state index in [-0.39, 0.29) is 6.10 Å². The van der Waals surface area contributed by atoms with Crippen LogP contribution in [-0.2, 0) is 11.8 Å². The average Bonchev–Trinajstić information content (AvgIpc) is 2.78. The smallest absolute Gasteiger partial charge is 0.211 e. The Morgan fingerprint density at radius 2 is 2.16 bits per heavy atom. The maximum Gasteiger partial charge on any atom is 0.211 e. The predicted octanol–water partition coefficient (Wildman–Crippen LogP) is 2.44. The number of benzene rings is 1. The Morgan fingerprint density at radius 1 is 1.37 bits per heavy atom. The standard InChI is InChI=1S/C14H17N3O2/c1-10(2)19-14-6-11(4-5-13(14)15-9-18)12-7-16-17(3)8-12/h4-10H,1-3H3,(H,15,18). The molecule has 1 heterocycles. The molecule has 0 spiro atoms. The number of rotatable bonds is 5. The zero-order valence-corrected chi connectivity index (χ0v) is 11.3. The third-order valence-electron chi connectivity index (χ3n) is 2.60. The van der Waals surface area contributed by atoms with E-state index >= 15 is 0 Å². The minimum Gasteiger partial charge on any atom is -0.489 e. The Bertz CT molecular complexity index is 576. The summed E-state index contributed by atoms with van der Waals surface area (Å²) in [4.78, 5) is 10.6. The van der Waals surface area contributed by atoms with Crippen LogP contribution < -0.4 is 10.1 Å². The van der Waals surface area contributed by atoms with E-state index in [1.54, 1.807) is 10.9 Å². The van der Waals surface area contributed by atoms with Crippen LogP contribution in [0.4, 0.5) is 5.69 Å². The summed E-state index contributed by atoms with van der Waals surface area (Å²) in [5, 5.41) is 6.79. The molecule has 1 N–H and O–H groups in total. The Balaban J connectivity index is 2.39. The third kappa shape index (κ3) is 3.13. The number of amides is 1. The number of carbonyl (C=O) groups is 1. The zero-order valence-electron chi connectivity index (χ0n) is 11.3. The predicted molar refractivity (Wildman–Crippen MR) is 74.1 cm³/mol. The van der Waals surface area contributed by atoms with Gasteiger partial charge in [0.15, 0.2) is 0 Å². The maximum atomic E-state index is 10.6. The molecule has 0 aliphatic heterocycles. The van der Waals surface area contributed by atoms with Crippen LogP contribution in [-0.4, -0.2) is 22.3 Å². The van der Waals surface area contributed by atoms with Crippen molar-refractivity contribution in [3.8, 4) is 16.9 Å². The molecule has 0 atom stereocenters. The molecular weight excluding hydrogens is 242 g/mol. The van der Waals surface area contributed by atoms with E-state index in [0.29, 0.717) is 17.8 Å². The number of hydrogen-bond donors (Lipinski definition) is 1. The van der Waals surface area contributed by atoms with Crippen LogP contribution in [0, 0.1) is 0 Å². The summed E-state index contributed by atoms with van der Waals surface area (Å²) in [5.74, 6) is 0.656. The molecule has 5 nitrogen and oxygen atoms in total. The molecule has 100 valence electrons. The van der Waals surface area contributed by atoms with Gasteiger partial charge in [-0.2, -0.15) is 5.10 Å². The first-order valence-corrected chi connectivity index (χ1v) is 6.10. The fraction of sp³-hybridized carbons (Fsp3) is 0.286. The van der Waals surface area contributed by atoms with Crippen molar-refractivity contribution in [2.45, 2.75) is 20.0 Å². The molecule has 2 aromatic rings. The quantitative estimate of drug-likeness (QED) is 0.839. The second kappa shape index (κ2) is 5.56. The first kappa shape index (κ1) is 13.1. The van der Waals surface area contributed by atoms with Crippen molar-refractivity contribution < 1.29 is 9.53 Å². The van der Waals surface area contributed by atoms with Crippen molar-refractivity contribution in [2.75, 3.05) is 5.32 Å². The van der Waals surface area contributed by atoms with Gasteiger partial charge in [-0.05, 0) is 31.5 Å². The molecule has 0 aliphatic carbocycles. The van der Waals surface area contributed by atoms with E-state index in [2.05, 4.69) is 10.4 Å². The van der Waals surface area contributed by atoms with Crippen LogP contribution in [0.2, 0.25) is 0 Å². The summed E-state index contributed by atoms with van der Waals surface area (Å²) in [6, 6.07) is 5.66. The highest BCUT2D eigenvalue weighted by Crippen LogP contribution is 2.31. The van der Waals surface area contributed by atoms with E-state index < -0.39 is 0 Å². The second-order valence-corrected chi connectivity index (χ2v) is 4.54. The number of aryl methyl sites for hydroxylation is 1. The van der Waals surface area contributed by atoms with E-state index in [1.165, 1.54) is 0 Å². The molecule has 2 rings (SSSR count). The molecule has 0 aliphatic rings. The van der Waals surface area contributed by atoms with Crippen molar-refractivity contribution in [1.29, 1.82) is 0 Å². The SMILES string of the molecule is CC(C)Oc1cc(-c2cnn(C)c2)ccc1NC=O. The number of aromatic nitrogens is 2. The molecule has 0 bridgehead atoms. The van der Waals surface area contributed by atoms with Crippen molar-refractivity contribution in [2.24, 2.45) is 7.05 Å². The minimum atomic E-state index is 0.0383. The monoisotopic (exact) mass is 259 g/mol. The Morgan fingerprint density at radius 3 is 2.74 bits per heavy atom. The number of hydrogen-bond acceptors (Lipinski definition) is 3. The molecule has 1 aromatic carbocycles. The molecule has 0 saturated carbocycles. The summed E-state index contributed by atoms with van der Waals surface area (Å²) in [6.45, 7) is 3.89. The van der Waals surface area contributed by atoms with Crippen LogP contribution in [0.3, 0.4) is 0 Å². The van der Waals surface area contributed by atoms with Crippen molar-refractivity contribution >= 4 is 12.1 Å². The average molecular weight is 259 g/mol. The van der Waals surface area contributed by atoms with Crippen LogP contribution >= 0.6 is 0 Å². The van der Waals surface area contributed by atoms with Crippen molar-refractivity contribution in [1.82, 2.24) is 9.78 Å². The number of carbonyl (C=O) groups excluding carboxylic acids is 1. The van der Waals surface area contributed by atoms with E-state index in [0.717, 1.165) is 11.1 Å². The summed E-state index contributed by atoms with van der Waals surface area (Å²) >= 11 is 0. The summed E-state index contributed by atoms with van der Waals surface area (Å²) < 4.78 is 7.46. The number of nitrogens with one attached hydrogen (secondary N) is 1. The second-order valence-electron chi connectivity index (χ2n) is 4.54. The fourth-order valence-corrected chi connectivity index (χ4v) is 1.81. The number of nitrogens with zero attached hydrogens (tertiary/aromatic N) is 2. The zero-order chi connectivity index (χ0) is 13.8. The van der Waals surface area contributed by atoms with Gasteiger partial charge in [-0.1, -0.05) is 6.07 Å². The highest BCUT2D eigenvalue weighted by molar-refractivity contribution is 5.78. The van der Waals surface area contributed by atoms with Gasteiger partial charge >= 0.3 is 0 Å². The largest absolute Gasteiger partial charge is 0.489 e. The highest BCUT2D eigenvalue weighted by Gasteiger charge is 2.09. The van der Waals surface area contributed by atoms with Gasteiger partial charge in [-0.3, -0.25) is 9.48 Å². The van der Waals surface area contributed by atoms with Crippen LogP contribution in [0.1, 0.15) is 13.8 Å². The molecule has 1 aromatic heterocycles. The maximum absolute atomic E-state index is 10.6.